The fourth-order valence-corrected chi connectivity index (χ4v) is 4.85. The van der Waals surface area contributed by atoms with Gasteiger partial charge in [0.2, 0.25) is 0 Å². The van der Waals surface area contributed by atoms with E-state index in [1.54, 1.807) is 12.1 Å². The molecule has 1 fully saturated rings. The van der Waals surface area contributed by atoms with Crippen LogP contribution >= 0.6 is 0 Å². The molecule has 1 aliphatic carbocycles. The van der Waals surface area contributed by atoms with E-state index < -0.39 is 11.6 Å². The van der Waals surface area contributed by atoms with E-state index in [1.165, 1.54) is 5.56 Å². The van der Waals surface area contributed by atoms with Gasteiger partial charge in [-0.05, 0) is 90.8 Å². The zero-order valence-electron chi connectivity index (χ0n) is 17.8. The van der Waals surface area contributed by atoms with Crippen molar-refractivity contribution in [2.45, 2.75) is 56.8 Å². The lowest BCUT2D eigenvalue weighted by atomic mass is 9.76. The Kier molecular flexibility index (Phi) is 6.47. The molecule has 0 N–H and O–H groups in total. The summed E-state index contributed by atoms with van der Waals surface area (Å²) in [7, 11) is 0. The number of hydrogen-bond acceptors (Lipinski definition) is 1. The summed E-state index contributed by atoms with van der Waals surface area (Å²) in [6, 6.07) is 22.9. The lowest BCUT2D eigenvalue weighted by molar-refractivity contribution is 0.393. The van der Waals surface area contributed by atoms with Gasteiger partial charge in [0.25, 0.3) is 0 Å². The summed E-state index contributed by atoms with van der Waals surface area (Å²) in [5.74, 6) is -0.151. The summed E-state index contributed by atoms with van der Waals surface area (Å²) < 4.78 is 29.8. The van der Waals surface area contributed by atoms with Gasteiger partial charge in [0.15, 0.2) is 0 Å². The quantitative estimate of drug-likeness (QED) is 0.420. The zero-order chi connectivity index (χ0) is 21.8. The molecule has 1 nitrogen and oxygen atoms in total. The first-order chi connectivity index (χ1) is 15.0. The van der Waals surface area contributed by atoms with Gasteiger partial charge >= 0.3 is 0 Å². The fraction of sp³-hybridized carbons (Fsp3) is 0.321. The predicted molar refractivity (Wildman–Crippen MR) is 120 cm³/mol. The molecule has 158 valence electrons. The van der Waals surface area contributed by atoms with Crippen LogP contribution in [0.1, 0.15) is 78.2 Å². The molecule has 3 aromatic rings. The first kappa shape index (κ1) is 21.2. The summed E-state index contributed by atoms with van der Waals surface area (Å²) in [6.45, 7) is 2.01. The third kappa shape index (κ3) is 4.85. The van der Waals surface area contributed by atoms with E-state index >= 15 is 0 Å². The van der Waals surface area contributed by atoms with E-state index in [0.29, 0.717) is 17.9 Å². The summed E-state index contributed by atoms with van der Waals surface area (Å²) in [4.78, 5) is 0. The lowest BCUT2D eigenvalue weighted by Crippen LogP contribution is -2.13. The maximum absolute atomic E-state index is 14.9. The SMILES string of the molecule is C[C@H](Cc1c(F)cc(C2CCC(c3ccc(C#N)cc3)CC2)cc1F)c1ccccc1. The van der Waals surface area contributed by atoms with Gasteiger partial charge in [-0.3, -0.25) is 0 Å². The van der Waals surface area contributed by atoms with Gasteiger partial charge < -0.3 is 0 Å². The third-order valence-electron chi connectivity index (χ3n) is 6.75. The normalized spacial score (nSPS) is 19.5. The van der Waals surface area contributed by atoms with Crippen molar-refractivity contribution < 1.29 is 8.78 Å². The molecule has 31 heavy (non-hydrogen) atoms. The molecule has 1 aliphatic rings. The Morgan fingerprint density at radius 2 is 1.39 bits per heavy atom. The van der Waals surface area contributed by atoms with E-state index in [4.69, 9.17) is 5.26 Å². The molecule has 4 rings (SSSR count). The topological polar surface area (TPSA) is 23.8 Å². The van der Waals surface area contributed by atoms with Crippen LogP contribution in [0.4, 0.5) is 8.78 Å². The van der Waals surface area contributed by atoms with Crippen molar-refractivity contribution >= 4 is 0 Å². The van der Waals surface area contributed by atoms with Crippen LogP contribution in [-0.4, -0.2) is 0 Å². The van der Waals surface area contributed by atoms with Crippen molar-refractivity contribution in [3.8, 4) is 6.07 Å². The van der Waals surface area contributed by atoms with Gasteiger partial charge in [0.05, 0.1) is 11.6 Å². The molecule has 3 heteroatoms. The minimum Gasteiger partial charge on any atom is -0.207 e. The van der Waals surface area contributed by atoms with Crippen LogP contribution in [0.15, 0.2) is 66.7 Å². The van der Waals surface area contributed by atoms with Gasteiger partial charge in [-0.15, -0.1) is 0 Å². The highest BCUT2D eigenvalue weighted by Crippen LogP contribution is 2.41. The minimum absolute atomic E-state index is 0.0545. The molecule has 0 spiro atoms. The Bertz CT molecular complexity index is 1040. The van der Waals surface area contributed by atoms with Gasteiger partial charge in [-0.25, -0.2) is 8.78 Å². The Hall–Kier alpha value is -2.99. The summed E-state index contributed by atoms with van der Waals surface area (Å²) >= 11 is 0. The Morgan fingerprint density at radius 3 is 1.94 bits per heavy atom. The monoisotopic (exact) mass is 415 g/mol. The molecular formula is C28H27F2N. The average Bonchev–Trinajstić information content (AvgIpc) is 2.82. The van der Waals surface area contributed by atoms with Crippen LogP contribution in [-0.2, 0) is 6.42 Å². The minimum atomic E-state index is -0.424. The molecule has 1 atom stereocenters. The molecule has 0 saturated heterocycles. The number of nitrogens with zero attached hydrogens (tertiary/aromatic N) is 1. The maximum Gasteiger partial charge on any atom is 0.129 e. The van der Waals surface area contributed by atoms with Crippen LogP contribution in [0.25, 0.3) is 0 Å². The van der Waals surface area contributed by atoms with Crippen molar-refractivity contribution in [2.24, 2.45) is 0 Å². The van der Waals surface area contributed by atoms with Crippen LogP contribution in [0.5, 0.6) is 0 Å². The Morgan fingerprint density at radius 1 is 0.839 bits per heavy atom. The fourth-order valence-electron chi connectivity index (χ4n) is 4.85. The standard InChI is InChI=1S/C28H27F2N/c1-19(21-5-3-2-4-6-21)15-26-27(29)16-25(17-28(26)30)24-13-11-23(12-14-24)22-9-7-20(18-31)8-10-22/h2-10,16-17,19,23-24H,11-15H2,1H3/t19-,23?,24?/m1/s1. The highest BCUT2D eigenvalue weighted by Gasteiger charge is 2.25. The average molecular weight is 416 g/mol. The van der Waals surface area contributed by atoms with Crippen molar-refractivity contribution in [3.05, 3.63) is 106 Å². The molecule has 0 aromatic heterocycles. The second-order valence-corrected chi connectivity index (χ2v) is 8.76. The van der Waals surface area contributed by atoms with Crippen LogP contribution in [0.2, 0.25) is 0 Å². The number of halogens is 2. The molecule has 1 saturated carbocycles. The molecule has 0 radical (unpaired) electrons. The molecule has 0 unspecified atom stereocenters. The van der Waals surface area contributed by atoms with Crippen molar-refractivity contribution in [1.82, 2.24) is 0 Å². The first-order valence-electron chi connectivity index (χ1n) is 11.1. The zero-order valence-corrected chi connectivity index (χ0v) is 17.8. The van der Waals surface area contributed by atoms with Crippen LogP contribution in [0.3, 0.4) is 0 Å². The number of rotatable bonds is 5. The van der Waals surface area contributed by atoms with E-state index in [-0.39, 0.29) is 17.4 Å². The van der Waals surface area contributed by atoms with Gasteiger partial charge in [0, 0.05) is 5.56 Å². The highest BCUT2D eigenvalue weighted by molar-refractivity contribution is 5.34. The lowest BCUT2D eigenvalue weighted by Gasteiger charge is -2.29. The molecule has 3 aromatic carbocycles. The van der Waals surface area contributed by atoms with Gasteiger partial charge in [-0.2, -0.15) is 5.26 Å². The van der Waals surface area contributed by atoms with Gasteiger partial charge in [-0.1, -0.05) is 49.4 Å². The number of nitriles is 1. The van der Waals surface area contributed by atoms with Crippen molar-refractivity contribution in [2.75, 3.05) is 0 Å². The second-order valence-electron chi connectivity index (χ2n) is 8.76. The smallest absolute Gasteiger partial charge is 0.129 e. The molecular weight excluding hydrogens is 388 g/mol. The second kappa shape index (κ2) is 9.43. The van der Waals surface area contributed by atoms with E-state index in [2.05, 4.69) is 6.07 Å². The first-order valence-corrected chi connectivity index (χ1v) is 11.1. The number of hydrogen-bond donors (Lipinski definition) is 0. The predicted octanol–water partition coefficient (Wildman–Crippen LogP) is 7.62. The van der Waals surface area contributed by atoms with Crippen molar-refractivity contribution in [1.29, 1.82) is 5.26 Å². The van der Waals surface area contributed by atoms with Crippen LogP contribution in [0, 0.1) is 23.0 Å². The summed E-state index contributed by atoms with van der Waals surface area (Å²) in [5.41, 5.74) is 3.98. The van der Waals surface area contributed by atoms with E-state index in [9.17, 15) is 8.78 Å². The maximum atomic E-state index is 14.9. The van der Waals surface area contributed by atoms with Gasteiger partial charge in [0.1, 0.15) is 11.6 Å². The van der Waals surface area contributed by atoms with E-state index in [0.717, 1.165) is 36.8 Å². The highest BCUT2D eigenvalue weighted by atomic mass is 19.1. The van der Waals surface area contributed by atoms with Crippen LogP contribution < -0.4 is 0 Å². The molecule has 0 bridgehead atoms. The summed E-state index contributed by atoms with van der Waals surface area (Å²) in [6.07, 6.45) is 4.18. The van der Waals surface area contributed by atoms with E-state index in [1.807, 2.05) is 61.5 Å². The molecule has 0 amide bonds. The van der Waals surface area contributed by atoms with Crippen molar-refractivity contribution in [3.63, 3.8) is 0 Å². The molecule has 0 aliphatic heterocycles. The summed E-state index contributed by atoms with van der Waals surface area (Å²) in [5, 5.41) is 8.96. The molecule has 0 heterocycles. The Balaban J connectivity index is 1.43. The number of benzene rings is 3. The largest absolute Gasteiger partial charge is 0.207 e. The Labute approximate surface area is 183 Å². The third-order valence-corrected chi connectivity index (χ3v) is 6.75.